The molecule has 2 aromatic rings. The summed E-state index contributed by atoms with van der Waals surface area (Å²) < 4.78 is 20.5. The third kappa shape index (κ3) is 5.04. The number of hydrogen-bond acceptors (Lipinski definition) is 6. The number of methoxy groups -OCH3 is 3. The number of anilines is 1. The molecule has 0 radical (unpaired) electrons. The average Bonchev–Trinajstić information content (AvgIpc) is 2.66. The highest BCUT2D eigenvalue weighted by atomic mass is 35.5. The van der Waals surface area contributed by atoms with Crippen LogP contribution in [0.4, 0.5) is 5.69 Å². The Balaban J connectivity index is 2.02. The van der Waals surface area contributed by atoms with Crippen LogP contribution in [0, 0.1) is 6.92 Å². The Hall–Kier alpha value is -2.93. The quantitative estimate of drug-likeness (QED) is 0.725. The van der Waals surface area contributed by atoms with Gasteiger partial charge in [0.1, 0.15) is 17.2 Å². The Morgan fingerprint density at radius 2 is 1.70 bits per heavy atom. The Labute approximate surface area is 162 Å². The molecule has 0 atom stereocenters. The molecule has 0 bridgehead atoms. The monoisotopic (exact) mass is 393 g/mol. The zero-order valence-corrected chi connectivity index (χ0v) is 16.2. The zero-order valence-electron chi connectivity index (χ0n) is 15.4. The molecule has 0 aliphatic heterocycles. The number of amides is 1. The predicted molar refractivity (Wildman–Crippen MR) is 101 cm³/mol. The molecule has 0 aliphatic carbocycles. The van der Waals surface area contributed by atoms with Crippen LogP contribution in [0.1, 0.15) is 15.9 Å². The lowest BCUT2D eigenvalue weighted by Crippen LogP contribution is -2.21. The summed E-state index contributed by atoms with van der Waals surface area (Å²) in [6.07, 6.45) is 0. The van der Waals surface area contributed by atoms with Gasteiger partial charge in [0.25, 0.3) is 5.91 Å². The minimum Gasteiger partial charge on any atom is -0.497 e. The fraction of sp³-hybridized carbons (Fsp3) is 0.263. The molecular weight excluding hydrogens is 374 g/mol. The van der Waals surface area contributed by atoms with Crippen LogP contribution in [0.15, 0.2) is 30.3 Å². The second-order valence-corrected chi connectivity index (χ2v) is 5.90. The summed E-state index contributed by atoms with van der Waals surface area (Å²) in [5.74, 6) is 0.263. The van der Waals surface area contributed by atoms with Gasteiger partial charge in [-0.05, 0) is 36.8 Å². The predicted octanol–water partition coefficient (Wildman–Crippen LogP) is 3.47. The van der Waals surface area contributed by atoms with Crippen LogP contribution in [0.2, 0.25) is 5.02 Å². The topological polar surface area (TPSA) is 83.1 Å². The SMILES string of the molecule is COc1ccc(C(=O)OCC(=O)Nc2cc(Cl)c(OC)cc2OC)c(C)c1. The van der Waals surface area contributed by atoms with Crippen molar-refractivity contribution in [2.75, 3.05) is 33.3 Å². The van der Waals surface area contributed by atoms with E-state index >= 15 is 0 Å². The van der Waals surface area contributed by atoms with E-state index in [2.05, 4.69) is 5.32 Å². The Morgan fingerprint density at radius 3 is 2.30 bits per heavy atom. The third-order valence-corrected chi connectivity index (χ3v) is 4.03. The summed E-state index contributed by atoms with van der Waals surface area (Å²) in [4.78, 5) is 24.3. The molecular formula is C19H20ClNO6. The molecule has 2 rings (SSSR count). The lowest BCUT2D eigenvalue weighted by atomic mass is 10.1. The van der Waals surface area contributed by atoms with Gasteiger partial charge < -0.3 is 24.3 Å². The van der Waals surface area contributed by atoms with Gasteiger partial charge in [-0.1, -0.05) is 11.6 Å². The molecule has 0 saturated carbocycles. The van der Waals surface area contributed by atoms with Crippen molar-refractivity contribution in [1.29, 1.82) is 0 Å². The van der Waals surface area contributed by atoms with E-state index in [0.29, 0.717) is 39.1 Å². The first kappa shape index (κ1) is 20.4. The number of rotatable bonds is 7. The largest absolute Gasteiger partial charge is 0.497 e. The summed E-state index contributed by atoms with van der Waals surface area (Å²) in [7, 11) is 4.46. The van der Waals surface area contributed by atoms with E-state index in [0.717, 1.165) is 0 Å². The molecule has 0 heterocycles. The van der Waals surface area contributed by atoms with E-state index in [1.807, 2.05) is 0 Å². The third-order valence-electron chi connectivity index (χ3n) is 3.74. The zero-order chi connectivity index (χ0) is 20.0. The van der Waals surface area contributed by atoms with Gasteiger partial charge in [0, 0.05) is 6.07 Å². The molecule has 0 saturated heterocycles. The maximum Gasteiger partial charge on any atom is 0.338 e. The number of hydrogen-bond donors (Lipinski definition) is 1. The molecule has 1 N–H and O–H groups in total. The number of halogens is 1. The number of carbonyl (C=O) groups excluding carboxylic acids is 2. The van der Waals surface area contributed by atoms with Crippen molar-refractivity contribution in [1.82, 2.24) is 0 Å². The van der Waals surface area contributed by atoms with Gasteiger partial charge in [-0.3, -0.25) is 4.79 Å². The molecule has 0 aliphatic rings. The average molecular weight is 394 g/mol. The molecule has 27 heavy (non-hydrogen) atoms. The second kappa shape index (κ2) is 9.14. The van der Waals surface area contributed by atoms with Crippen molar-refractivity contribution in [2.45, 2.75) is 6.92 Å². The highest BCUT2D eigenvalue weighted by Crippen LogP contribution is 2.35. The standard InChI is InChI=1S/C19H20ClNO6/c1-11-7-12(24-2)5-6-13(11)19(23)27-10-18(22)21-15-8-14(20)16(25-3)9-17(15)26-4/h5-9H,10H2,1-4H3,(H,21,22). The first-order valence-electron chi connectivity index (χ1n) is 7.92. The summed E-state index contributed by atoms with van der Waals surface area (Å²) in [6, 6.07) is 7.98. The fourth-order valence-electron chi connectivity index (χ4n) is 2.35. The van der Waals surface area contributed by atoms with Gasteiger partial charge in [-0.15, -0.1) is 0 Å². The highest BCUT2D eigenvalue weighted by Gasteiger charge is 2.16. The van der Waals surface area contributed by atoms with E-state index in [-0.39, 0.29) is 0 Å². The van der Waals surface area contributed by atoms with E-state index < -0.39 is 18.5 Å². The summed E-state index contributed by atoms with van der Waals surface area (Å²) in [5.41, 5.74) is 1.38. The molecule has 0 spiro atoms. The summed E-state index contributed by atoms with van der Waals surface area (Å²) in [6.45, 7) is 1.29. The van der Waals surface area contributed by atoms with Gasteiger partial charge in [-0.2, -0.15) is 0 Å². The van der Waals surface area contributed by atoms with Gasteiger partial charge in [0.05, 0.1) is 37.6 Å². The Bertz CT molecular complexity index is 852. The minimum atomic E-state index is -0.606. The van der Waals surface area contributed by atoms with Crippen molar-refractivity contribution in [3.05, 3.63) is 46.5 Å². The summed E-state index contributed by atoms with van der Waals surface area (Å²) in [5, 5.41) is 2.90. The van der Waals surface area contributed by atoms with Crippen LogP contribution in [0.3, 0.4) is 0 Å². The first-order chi connectivity index (χ1) is 12.9. The van der Waals surface area contributed by atoms with E-state index in [1.165, 1.54) is 27.4 Å². The maximum atomic E-state index is 12.2. The molecule has 0 unspecified atom stereocenters. The van der Waals surface area contributed by atoms with E-state index in [9.17, 15) is 9.59 Å². The fourth-order valence-corrected chi connectivity index (χ4v) is 2.59. The van der Waals surface area contributed by atoms with Crippen molar-refractivity contribution in [3.63, 3.8) is 0 Å². The molecule has 8 heteroatoms. The smallest absolute Gasteiger partial charge is 0.338 e. The molecule has 1 amide bonds. The van der Waals surface area contributed by atoms with Crippen LogP contribution in [-0.2, 0) is 9.53 Å². The van der Waals surface area contributed by atoms with Crippen molar-refractivity contribution < 1.29 is 28.5 Å². The van der Waals surface area contributed by atoms with Crippen molar-refractivity contribution in [3.8, 4) is 17.2 Å². The normalized spacial score (nSPS) is 10.1. The van der Waals surface area contributed by atoms with Crippen LogP contribution < -0.4 is 19.5 Å². The van der Waals surface area contributed by atoms with Crippen LogP contribution in [0.5, 0.6) is 17.2 Å². The first-order valence-corrected chi connectivity index (χ1v) is 8.30. The molecule has 144 valence electrons. The van der Waals surface area contributed by atoms with Crippen LogP contribution in [0.25, 0.3) is 0 Å². The Morgan fingerprint density at radius 1 is 1.00 bits per heavy atom. The van der Waals surface area contributed by atoms with Gasteiger partial charge >= 0.3 is 5.97 Å². The van der Waals surface area contributed by atoms with Crippen molar-refractivity contribution >= 4 is 29.2 Å². The maximum absolute atomic E-state index is 12.2. The molecule has 2 aromatic carbocycles. The van der Waals surface area contributed by atoms with Gasteiger partial charge in [-0.25, -0.2) is 4.79 Å². The Kier molecular flexibility index (Phi) is 6.90. The van der Waals surface area contributed by atoms with Crippen molar-refractivity contribution in [2.24, 2.45) is 0 Å². The number of carbonyl (C=O) groups is 2. The number of aryl methyl sites for hydroxylation is 1. The lowest BCUT2D eigenvalue weighted by Gasteiger charge is -2.13. The number of esters is 1. The van der Waals surface area contributed by atoms with E-state index in [1.54, 1.807) is 31.2 Å². The lowest BCUT2D eigenvalue weighted by molar-refractivity contribution is -0.119. The number of ether oxygens (including phenoxy) is 4. The van der Waals surface area contributed by atoms with E-state index in [4.69, 9.17) is 30.5 Å². The second-order valence-electron chi connectivity index (χ2n) is 5.49. The number of nitrogens with one attached hydrogen (secondary N) is 1. The highest BCUT2D eigenvalue weighted by molar-refractivity contribution is 6.32. The van der Waals surface area contributed by atoms with Gasteiger partial charge in [0.2, 0.25) is 0 Å². The van der Waals surface area contributed by atoms with Gasteiger partial charge in [0.15, 0.2) is 6.61 Å². The molecule has 7 nitrogen and oxygen atoms in total. The molecule has 0 fully saturated rings. The summed E-state index contributed by atoms with van der Waals surface area (Å²) >= 11 is 6.06. The molecule has 0 aromatic heterocycles. The number of benzene rings is 2. The van der Waals surface area contributed by atoms with Crippen LogP contribution in [-0.4, -0.2) is 39.8 Å². The van der Waals surface area contributed by atoms with Crippen LogP contribution >= 0.6 is 11.6 Å². The minimum absolute atomic E-state index is 0.305.